The molecule has 0 spiro atoms. The largest absolute Gasteiger partial charge is 0.363 e. The first-order chi connectivity index (χ1) is 15.9. The zero-order chi connectivity index (χ0) is 24.9. The maximum atomic E-state index is 15.3. The van der Waals surface area contributed by atoms with Crippen molar-refractivity contribution in [2.75, 3.05) is 16.3 Å². The number of amides is 2. The van der Waals surface area contributed by atoms with Gasteiger partial charge in [-0.1, -0.05) is 12.1 Å². The second kappa shape index (κ2) is 8.47. The molecule has 1 N–H and O–H groups in total. The van der Waals surface area contributed by atoms with Gasteiger partial charge < -0.3 is 4.90 Å². The second-order valence-corrected chi connectivity index (χ2v) is 9.81. The third-order valence-electron chi connectivity index (χ3n) is 6.28. The number of carbonyl (C=O) groups is 2. The van der Waals surface area contributed by atoms with Gasteiger partial charge in [0, 0.05) is 23.4 Å². The van der Waals surface area contributed by atoms with Gasteiger partial charge in [0.15, 0.2) is 5.11 Å². The van der Waals surface area contributed by atoms with Crippen LogP contribution in [0, 0.1) is 19.7 Å². The van der Waals surface area contributed by atoms with Crippen molar-refractivity contribution in [1.29, 1.82) is 0 Å². The van der Waals surface area contributed by atoms with E-state index in [1.54, 1.807) is 6.07 Å². The number of hydrogen-bond donors (Lipinski definition) is 1. The van der Waals surface area contributed by atoms with Crippen molar-refractivity contribution in [2.24, 2.45) is 0 Å². The number of rotatable bonds is 3. The van der Waals surface area contributed by atoms with E-state index < -0.39 is 17.6 Å². The molecule has 1 fully saturated rings. The van der Waals surface area contributed by atoms with Crippen LogP contribution in [0.2, 0.25) is 0 Å². The SMILES string of the molecule is CCN1c2cc(F)c(/C=C3/C(=O)NC(=S)N(c4cc(C)cc(C)c4)C3=O)cc2C(C)=CC1(C)C. The lowest BCUT2D eigenvalue weighted by Gasteiger charge is -2.43. The summed E-state index contributed by atoms with van der Waals surface area (Å²) in [6.45, 7) is 12.8. The number of fused-ring (bicyclic) bond motifs is 1. The number of aryl methyl sites for hydroxylation is 2. The summed E-state index contributed by atoms with van der Waals surface area (Å²) in [7, 11) is 0. The van der Waals surface area contributed by atoms with E-state index in [1.165, 1.54) is 17.0 Å². The number of benzene rings is 2. The number of nitrogens with one attached hydrogen (secondary N) is 1. The molecule has 2 aromatic rings. The Morgan fingerprint density at radius 2 is 1.71 bits per heavy atom. The smallest absolute Gasteiger partial charge is 0.270 e. The molecule has 0 unspecified atom stereocenters. The van der Waals surface area contributed by atoms with Crippen molar-refractivity contribution in [3.8, 4) is 0 Å². The number of halogens is 1. The van der Waals surface area contributed by atoms with Gasteiger partial charge >= 0.3 is 0 Å². The molecule has 2 aliphatic rings. The molecule has 5 nitrogen and oxygen atoms in total. The average Bonchev–Trinajstić information content (AvgIpc) is 2.70. The van der Waals surface area contributed by atoms with Gasteiger partial charge in [0.25, 0.3) is 11.8 Å². The fraction of sp³-hybridized carbons (Fsp3) is 0.296. The molecule has 7 heteroatoms. The Hall–Kier alpha value is -3.32. The van der Waals surface area contributed by atoms with Gasteiger partial charge in [-0.15, -0.1) is 0 Å². The standard InChI is InChI=1S/C27H28FN3O2S/c1-7-30-23-13-22(28)18(11-20(23)17(4)14-27(30,5)6)12-21-24(32)29-26(34)31(25(21)33)19-9-15(2)8-16(3)10-19/h8-14H,7H2,1-6H3,(H,29,32,34)/b21-12-. The molecule has 2 aromatic carbocycles. The van der Waals surface area contributed by atoms with Crippen molar-refractivity contribution in [2.45, 2.75) is 47.1 Å². The highest BCUT2D eigenvalue weighted by Crippen LogP contribution is 2.40. The zero-order valence-corrected chi connectivity index (χ0v) is 21.1. The van der Waals surface area contributed by atoms with E-state index in [-0.39, 0.29) is 21.8 Å². The highest BCUT2D eigenvalue weighted by atomic mass is 32.1. The molecule has 34 heavy (non-hydrogen) atoms. The van der Waals surface area contributed by atoms with Crippen LogP contribution in [0.25, 0.3) is 11.6 Å². The van der Waals surface area contributed by atoms with E-state index >= 15 is 4.39 Å². The molecule has 0 bridgehead atoms. The summed E-state index contributed by atoms with van der Waals surface area (Å²) in [6, 6.07) is 8.81. The summed E-state index contributed by atoms with van der Waals surface area (Å²) in [5.41, 5.74) is 4.92. The maximum Gasteiger partial charge on any atom is 0.270 e. The van der Waals surface area contributed by atoms with Crippen LogP contribution >= 0.6 is 12.2 Å². The Bertz CT molecular complexity index is 1290. The molecule has 2 amide bonds. The van der Waals surface area contributed by atoms with Gasteiger partial charge in [0.1, 0.15) is 11.4 Å². The number of likely N-dealkylation sites (N-methyl/N-ethyl adjacent to an activating group) is 1. The summed E-state index contributed by atoms with van der Waals surface area (Å²) < 4.78 is 15.3. The molecule has 176 valence electrons. The normalized spacial score (nSPS) is 18.7. The summed E-state index contributed by atoms with van der Waals surface area (Å²) in [5.74, 6) is -1.72. The van der Waals surface area contributed by atoms with Gasteiger partial charge in [0.2, 0.25) is 0 Å². The fourth-order valence-electron chi connectivity index (χ4n) is 4.93. The van der Waals surface area contributed by atoms with Crippen molar-refractivity contribution < 1.29 is 14.0 Å². The minimum absolute atomic E-state index is 0.00246. The van der Waals surface area contributed by atoms with Gasteiger partial charge in [-0.25, -0.2) is 4.39 Å². The third-order valence-corrected chi connectivity index (χ3v) is 6.56. The number of nitrogens with zero attached hydrogens (tertiary/aromatic N) is 2. The summed E-state index contributed by atoms with van der Waals surface area (Å²) >= 11 is 5.30. The highest BCUT2D eigenvalue weighted by molar-refractivity contribution is 7.80. The van der Waals surface area contributed by atoms with Crippen molar-refractivity contribution in [1.82, 2.24) is 5.32 Å². The van der Waals surface area contributed by atoms with E-state index in [4.69, 9.17) is 12.2 Å². The first-order valence-electron chi connectivity index (χ1n) is 11.2. The van der Waals surface area contributed by atoms with Crippen LogP contribution in [0.4, 0.5) is 15.8 Å². The molecule has 0 atom stereocenters. The predicted molar refractivity (Wildman–Crippen MR) is 139 cm³/mol. The zero-order valence-electron chi connectivity index (χ0n) is 20.2. The fourth-order valence-corrected chi connectivity index (χ4v) is 5.21. The lowest BCUT2D eigenvalue weighted by atomic mass is 9.87. The molecule has 1 saturated heterocycles. The molecule has 0 aliphatic carbocycles. The van der Waals surface area contributed by atoms with Crippen LogP contribution < -0.4 is 15.1 Å². The van der Waals surface area contributed by atoms with Crippen LogP contribution in [0.1, 0.15) is 49.9 Å². The van der Waals surface area contributed by atoms with Crippen LogP contribution in [0.5, 0.6) is 0 Å². The van der Waals surface area contributed by atoms with Crippen LogP contribution in [-0.4, -0.2) is 29.0 Å². The predicted octanol–water partition coefficient (Wildman–Crippen LogP) is 5.30. The van der Waals surface area contributed by atoms with Crippen LogP contribution in [0.15, 0.2) is 42.0 Å². The van der Waals surface area contributed by atoms with Crippen molar-refractivity contribution >= 4 is 52.2 Å². The minimum Gasteiger partial charge on any atom is -0.363 e. The van der Waals surface area contributed by atoms with Gasteiger partial charge in [-0.2, -0.15) is 0 Å². The van der Waals surface area contributed by atoms with Crippen LogP contribution in [0.3, 0.4) is 0 Å². The molecule has 4 rings (SSSR count). The number of thiocarbonyl (C=S) groups is 1. The first-order valence-corrected chi connectivity index (χ1v) is 11.6. The molecule has 0 saturated carbocycles. The molecular weight excluding hydrogens is 449 g/mol. The van der Waals surface area contributed by atoms with Gasteiger partial charge in [-0.05, 0) is 101 Å². The second-order valence-electron chi connectivity index (χ2n) is 9.42. The topological polar surface area (TPSA) is 52.7 Å². The Morgan fingerprint density at radius 1 is 1.06 bits per heavy atom. The average molecular weight is 478 g/mol. The molecule has 2 aliphatic heterocycles. The molecular formula is C27H28FN3O2S. The Labute approximate surface area is 204 Å². The number of hydrogen-bond acceptors (Lipinski definition) is 4. The Kier molecular flexibility index (Phi) is 5.94. The van der Waals surface area contributed by atoms with E-state index in [1.807, 2.05) is 45.9 Å². The number of allylic oxidation sites excluding steroid dienone is 1. The van der Waals surface area contributed by atoms with E-state index in [2.05, 4.69) is 30.1 Å². The van der Waals surface area contributed by atoms with Gasteiger partial charge in [0.05, 0.1) is 11.2 Å². The quantitative estimate of drug-likeness (QED) is 0.371. The van der Waals surface area contributed by atoms with Crippen molar-refractivity contribution in [3.05, 3.63) is 70.1 Å². The van der Waals surface area contributed by atoms with E-state index in [9.17, 15) is 9.59 Å². The molecule has 2 heterocycles. The lowest BCUT2D eigenvalue weighted by molar-refractivity contribution is -0.122. The van der Waals surface area contributed by atoms with Gasteiger partial charge in [-0.3, -0.25) is 19.8 Å². The Balaban J connectivity index is 1.81. The maximum absolute atomic E-state index is 15.3. The Morgan fingerprint density at radius 3 is 2.32 bits per heavy atom. The van der Waals surface area contributed by atoms with Crippen LogP contribution in [-0.2, 0) is 9.59 Å². The summed E-state index contributed by atoms with van der Waals surface area (Å²) in [4.78, 5) is 29.5. The highest BCUT2D eigenvalue weighted by Gasteiger charge is 2.35. The first kappa shape index (κ1) is 23.8. The minimum atomic E-state index is -0.642. The molecule has 0 aromatic heterocycles. The molecule has 0 radical (unpaired) electrons. The van der Waals surface area contributed by atoms with E-state index in [0.717, 1.165) is 28.0 Å². The summed E-state index contributed by atoms with van der Waals surface area (Å²) in [5, 5.41) is 2.57. The number of anilines is 2. The number of carbonyl (C=O) groups excluding carboxylic acids is 2. The lowest BCUT2D eigenvalue weighted by Crippen LogP contribution is -2.54. The van der Waals surface area contributed by atoms with E-state index in [0.29, 0.717) is 12.2 Å². The monoisotopic (exact) mass is 477 g/mol. The van der Waals surface area contributed by atoms with Crippen molar-refractivity contribution in [3.63, 3.8) is 0 Å². The summed E-state index contributed by atoms with van der Waals surface area (Å²) in [6.07, 6.45) is 3.46. The third kappa shape index (κ3) is 4.05.